The van der Waals surface area contributed by atoms with Gasteiger partial charge in [0, 0.05) is 18.9 Å². The van der Waals surface area contributed by atoms with Crippen molar-refractivity contribution in [3.8, 4) is 12.1 Å². The van der Waals surface area contributed by atoms with Crippen molar-refractivity contribution >= 4 is 63.3 Å². The molecule has 9 aliphatic rings. The van der Waals surface area contributed by atoms with Gasteiger partial charge >= 0.3 is 7.60 Å². The number of hydrogen-bond donors (Lipinski definition) is 3. The van der Waals surface area contributed by atoms with E-state index >= 15 is 0 Å². The van der Waals surface area contributed by atoms with E-state index < -0.39 is 86.5 Å². The summed E-state index contributed by atoms with van der Waals surface area (Å²) in [4.78, 5) is 17.7. The number of carbonyl (C=O) groups is 1. The van der Waals surface area contributed by atoms with Crippen molar-refractivity contribution < 1.29 is 60.3 Å². The molecule has 9 rings (SSSR count). The van der Waals surface area contributed by atoms with Crippen molar-refractivity contribution in [3.63, 3.8) is 0 Å². The van der Waals surface area contributed by atoms with Gasteiger partial charge in [0.15, 0.2) is 61.9 Å². The molecule has 9 aliphatic carbocycles. The molecule has 9 unspecified atom stereocenters. The van der Waals surface area contributed by atoms with Crippen molar-refractivity contribution in [3.05, 3.63) is 105 Å². The van der Waals surface area contributed by atoms with Gasteiger partial charge in [-0.15, -0.1) is 0 Å². The number of allylic oxidation sites excluding steroid dienone is 10. The lowest BCUT2D eigenvalue weighted by Crippen LogP contribution is -2.53. The number of fused-ring (bicyclic) bond motifs is 3. The van der Waals surface area contributed by atoms with E-state index in [0.29, 0.717) is 77.8 Å². The van der Waals surface area contributed by atoms with Gasteiger partial charge < -0.3 is 50.9 Å². The molecule has 0 aromatic carbocycles. The summed E-state index contributed by atoms with van der Waals surface area (Å²) in [5.41, 5.74) is 10.5. The third-order valence-corrected chi connectivity index (χ3v) is 68.5. The van der Waals surface area contributed by atoms with Crippen molar-refractivity contribution in [2.45, 2.75) is 576 Å². The van der Waals surface area contributed by atoms with Crippen molar-refractivity contribution in [2.24, 2.45) is 69.5 Å². The normalized spacial score (nSPS) is 28.7. The lowest BCUT2D eigenvalue weighted by atomic mass is 9.60. The number of nitrogens with zero attached hydrogens (tertiary/aromatic N) is 3. The van der Waals surface area contributed by atoms with Crippen LogP contribution in [0.5, 0.6) is 0 Å². The van der Waals surface area contributed by atoms with Crippen LogP contribution in [0.1, 0.15) is 414 Å². The number of nitriles is 2. The standard InChI is InChI=1S/2C40H71NO3Si2.C38H70O4Si2.C6H12NO3P/c1-29(18-16-24-39(8,9)42)33-22-23-34-31(19-17-25-40(33,34)10)21-20-30-26-35(43-45(12,13)37(2,3)4)32(28-41-11)36(27-30)44-46(14,15)38(5,6)7;1-29(17-15-24-39(8,9)42)33-21-22-34-31(18-16-25-40(33,34)10)20-19-30-27-35(43-45(11,12)37(2,3)4)32(23-26-41)36(28-30)44-46(13,14)38(5,6)7;1-27(17-15-23-37(8,9)40)30-21-22-31-29(18-16-24-38(30,31)10)20-19-28-25-32(41-43(11,12)35(2,3)4)34(39)33(26-28)42-44(13,14)36(5,6)7;1-3-9-11(8,6-5-7)10-4-2/h20-21,28-29,33-36,42H,16-19,22-27H2,1-10,12-15H3;19-20,23,29,33-36,42H,15-18,21-22,24-25,27-28H2,1-14H3;19-20,27,30-33,40H,15-18,21-26H2,1-14H3;3-4,6H2,1-2H3/b30-20?,31-21+,32-28?;30-19?,31-20+,32-23?;29-20+;/t2*29-,33?,34?,35+,36+,40?;27-,30?,31?,32+,33+,38?;/m000./s1. The first-order valence-electron chi connectivity index (χ1n) is 58.2. The topological polar surface area (TPSA) is 221 Å². The Morgan fingerprint density at radius 3 is 0.857 bits per heavy atom. The number of Topliss-reactive ketones (excluding diaryl/α,β-unsaturated/α-hetero) is 1. The average molecular weight is 2160 g/mol. The Labute approximate surface area is 909 Å². The molecule has 23 heteroatoms. The average Bonchev–Trinajstić information content (AvgIpc) is 1.71. The van der Waals surface area contributed by atoms with Crippen molar-refractivity contribution in [2.75, 3.05) is 19.4 Å². The first-order valence-corrected chi connectivity index (χ1v) is 77.4. The van der Waals surface area contributed by atoms with Crippen molar-refractivity contribution in [1.82, 2.24) is 0 Å². The van der Waals surface area contributed by atoms with E-state index in [1.165, 1.54) is 132 Å². The minimum atomic E-state index is -3.08. The molecule has 16 nitrogen and oxygen atoms in total. The fourth-order valence-corrected chi connectivity index (χ4v) is 33.7. The summed E-state index contributed by atoms with van der Waals surface area (Å²) in [6.45, 7) is 107. The van der Waals surface area contributed by atoms with Crippen LogP contribution in [0.2, 0.25) is 109 Å². The van der Waals surface area contributed by atoms with Gasteiger partial charge in [-0.3, -0.25) is 9.36 Å². The van der Waals surface area contributed by atoms with Gasteiger partial charge in [0.05, 0.1) is 73.1 Å². The second-order valence-corrected chi connectivity index (χ2v) is 89.7. The molecule has 0 bridgehead atoms. The van der Waals surface area contributed by atoms with E-state index in [-0.39, 0.29) is 66.6 Å². The number of ketones is 1. The van der Waals surface area contributed by atoms with Crippen LogP contribution in [0.3, 0.4) is 0 Å². The van der Waals surface area contributed by atoms with E-state index in [9.17, 15) is 29.9 Å². The molecule has 0 aromatic heterocycles. The van der Waals surface area contributed by atoms with Crippen LogP contribution < -0.4 is 0 Å². The van der Waals surface area contributed by atoms with Crippen LogP contribution in [0.4, 0.5) is 0 Å². The summed E-state index contributed by atoms with van der Waals surface area (Å²) < 4.78 is 63.1. The number of hydrogen-bond acceptors (Lipinski definition) is 15. The summed E-state index contributed by atoms with van der Waals surface area (Å²) in [7, 11) is -15.7. The Hall–Kier alpha value is -2.85. The zero-order valence-electron chi connectivity index (χ0n) is 103. The number of rotatable bonds is 35. The highest BCUT2D eigenvalue weighted by atomic mass is 31.2. The van der Waals surface area contributed by atoms with Gasteiger partial charge in [-0.2, -0.15) is 10.5 Å². The van der Waals surface area contributed by atoms with E-state index in [1.54, 1.807) is 48.9 Å². The fourth-order valence-electron chi connectivity index (χ4n) is 24.8. The van der Waals surface area contributed by atoms with Crippen LogP contribution in [0.25, 0.3) is 4.85 Å². The molecule has 0 spiro atoms. The van der Waals surface area contributed by atoms with Crippen molar-refractivity contribution in [1.29, 1.82) is 10.5 Å². The van der Waals surface area contributed by atoms with Crippen LogP contribution in [0.15, 0.2) is 93.3 Å². The first-order chi connectivity index (χ1) is 66.9. The molecule has 0 amide bonds. The number of carbonyl (C=O) groups excluding carboxylic acids is 1. The molecule has 3 N–H and O–H groups in total. The van der Waals surface area contributed by atoms with E-state index in [0.717, 1.165) is 93.1 Å². The summed E-state index contributed by atoms with van der Waals surface area (Å²) in [5, 5.41) is 49.3. The molecule has 0 aliphatic heterocycles. The minimum absolute atomic E-state index is 0.0450. The maximum Gasteiger partial charge on any atom is 0.344 e. The minimum Gasteiger partial charge on any atom is -0.411 e. The molecule has 9 saturated carbocycles. The fraction of sp³-hybridized carbons (Fsp3) is 0.839. The van der Waals surface area contributed by atoms with Gasteiger partial charge in [-0.1, -0.05) is 275 Å². The van der Waals surface area contributed by atoms with Crippen LogP contribution >= 0.6 is 7.60 Å². The zero-order valence-corrected chi connectivity index (χ0v) is 110. The van der Waals surface area contributed by atoms with Gasteiger partial charge in [0.25, 0.3) is 0 Å². The largest absolute Gasteiger partial charge is 0.411 e. The maximum atomic E-state index is 13.9. The Balaban J connectivity index is 0.000000319. The molecule has 18 atom stereocenters. The molecule has 0 saturated heterocycles. The van der Waals surface area contributed by atoms with Gasteiger partial charge in [0.1, 0.15) is 18.4 Å². The Kier molecular flexibility index (Phi) is 47.3. The summed E-state index contributed by atoms with van der Waals surface area (Å²) in [6.07, 6.45) is 50.4. The predicted octanol–water partition coefficient (Wildman–Crippen LogP) is 36.2. The Morgan fingerprint density at radius 2 is 0.639 bits per heavy atom. The van der Waals surface area contributed by atoms with Crippen LogP contribution in [-0.4, -0.2) is 144 Å². The molecule has 9 fully saturated rings. The summed E-state index contributed by atoms with van der Waals surface area (Å²) in [6, 6.07) is 4.14. The second kappa shape index (κ2) is 52.3. The van der Waals surface area contributed by atoms with E-state index in [4.69, 9.17) is 47.4 Å². The van der Waals surface area contributed by atoms with E-state index in [1.807, 2.05) is 41.5 Å². The Morgan fingerprint density at radius 1 is 0.401 bits per heavy atom. The third-order valence-electron chi connectivity index (χ3n) is 39.7. The molecular formula is C124H224N3O13PSi6. The van der Waals surface area contributed by atoms with E-state index in [2.05, 4.69) is 292 Å². The molecular weight excluding hydrogens is 1940 g/mol. The predicted molar refractivity (Wildman–Crippen MR) is 636 cm³/mol. The molecule has 0 radical (unpaired) electrons. The highest BCUT2D eigenvalue weighted by Crippen LogP contribution is 2.64. The molecule has 0 aromatic rings. The van der Waals surface area contributed by atoms with Crippen LogP contribution in [0, 0.1) is 98.7 Å². The third kappa shape index (κ3) is 36.6. The highest BCUT2D eigenvalue weighted by Gasteiger charge is 2.57. The monoisotopic (exact) mass is 2160 g/mol. The molecule has 147 heavy (non-hydrogen) atoms. The highest BCUT2D eigenvalue weighted by molar-refractivity contribution is 7.54. The SMILES string of the molecule is CCOP(=O)(CC#N)OCC.C[C@@H](CCCC(C)(C)O)C1CCC2/C(=C/C=C3C[C@@H](O[Si](C)(C)C(C)(C)C)C(=CC#N)[C@H](O[Si](C)(C)C(C)(C)C)C3)CCCC21C.C[C@@H](CCCC(C)(C)O)C1CCC2/C(=C/C=C3C[C@@H](O[Si](C)(C)C(C)(C)C)C(=O)[C@H](O[Si](C)(C)C(C)(C)C)C3)CCCC21C.[C-]#[N+]C=C1[C@H](O[Si](C)(C)C(C)(C)C)CC(=C/C=C2\CCCC3(C)C2CCC3[C@@H](C)CCCC(C)(C)O)C[C@H]1O[Si](C)(C)C(C)(C)C. The number of aliphatic hydroxyl groups is 3. The van der Waals surface area contributed by atoms with Gasteiger partial charge in [0.2, 0.25) is 0 Å². The van der Waals surface area contributed by atoms with Crippen LogP contribution in [-0.2, 0) is 45.0 Å². The second-order valence-electron chi connectivity index (χ2n) is 59.2. The molecule has 842 valence electrons. The smallest absolute Gasteiger partial charge is 0.344 e. The zero-order chi connectivity index (χ0) is 112. The first kappa shape index (κ1) is 133. The molecule has 0 heterocycles. The quantitative estimate of drug-likeness (QED) is 0.0232. The van der Waals surface area contributed by atoms with Gasteiger partial charge in [-0.05, 0) is 386 Å². The summed E-state index contributed by atoms with van der Waals surface area (Å²) in [5.74, 6) is 6.49. The lowest BCUT2D eigenvalue weighted by Gasteiger charge is -2.46. The lowest BCUT2D eigenvalue weighted by molar-refractivity contribution is -0.135. The Bertz CT molecular complexity index is 4390. The summed E-state index contributed by atoms with van der Waals surface area (Å²) >= 11 is 0. The maximum absolute atomic E-state index is 13.9. The van der Waals surface area contributed by atoms with Gasteiger partial charge in [-0.25, -0.2) is 4.85 Å².